The standard InChI is InChI=1S/C11H20O/c1-5-6-7-8-9-10(12)11(2,3)4/h1,10,12H,6-9H2,2-4H3. The van der Waals surface area contributed by atoms with Crippen molar-refractivity contribution in [2.75, 3.05) is 0 Å². The molecule has 1 N–H and O–H groups in total. The Labute approximate surface area is 76.2 Å². The number of unbranched alkanes of at least 4 members (excludes halogenated alkanes) is 2. The molecule has 0 fully saturated rings. The van der Waals surface area contributed by atoms with Crippen molar-refractivity contribution in [3.8, 4) is 12.3 Å². The van der Waals surface area contributed by atoms with Crippen molar-refractivity contribution in [1.29, 1.82) is 0 Å². The minimum Gasteiger partial charge on any atom is -0.393 e. The highest BCUT2D eigenvalue weighted by Gasteiger charge is 2.20. The third kappa shape index (κ3) is 5.21. The molecule has 0 aliphatic carbocycles. The van der Waals surface area contributed by atoms with Crippen LogP contribution in [0.3, 0.4) is 0 Å². The quantitative estimate of drug-likeness (QED) is 0.505. The van der Waals surface area contributed by atoms with Gasteiger partial charge in [0.25, 0.3) is 0 Å². The Bertz CT molecular complexity index is 147. The molecule has 0 aromatic rings. The minimum absolute atomic E-state index is 0.0101. The van der Waals surface area contributed by atoms with E-state index in [9.17, 15) is 5.11 Å². The van der Waals surface area contributed by atoms with Crippen molar-refractivity contribution in [2.45, 2.75) is 52.6 Å². The van der Waals surface area contributed by atoms with E-state index in [0.717, 1.165) is 25.7 Å². The highest BCUT2D eigenvalue weighted by Crippen LogP contribution is 2.23. The highest BCUT2D eigenvalue weighted by atomic mass is 16.3. The van der Waals surface area contributed by atoms with Gasteiger partial charge in [0.05, 0.1) is 6.10 Å². The van der Waals surface area contributed by atoms with Gasteiger partial charge in [-0.1, -0.05) is 20.8 Å². The van der Waals surface area contributed by atoms with Crippen LogP contribution in [0.25, 0.3) is 0 Å². The molecule has 0 aliphatic rings. The second-order valence-corrected chi connectivity index (χ2v) is 4.33. The van der Waals surface area contributed by atoms with E-state index >= 15 is 0 Å². The van der Waals surface area contributed by atoms with Crippen molar-refractivity contribution < 1.29 is 5.11 Å². The maximum absolute atomic E-state index is 9.63. The smallest absolute Gasteiger partial charge is 0.0588 e. The number of rotatable bonds is 4. The van der Waals surface area contributed by atoms with Crippen molar-refractivity contribution >= 4 is 0 Å². The zero-order valence-electron chi connectivity index (χ0n) is 8.43. The lowest BCUT2D eigenvalue weighted by Crippen LogP contribution is -2.25. The molecule has 0 aromatic heterocycles. The van der Waals surface area contributed by atoms with Crippen LogP contribution in [0.15, 0.2) is 0 Å². The third-order valence-corrected chi connectivity index (χ3v) is 2.05. The maximum Gasteiger partial charge on any atom is 0.0588 e. The zero-order valence-corrected chi connectivity index (χ0v) is 8.43. The summed E-state index contributed by atoms with van der Waals surface area (Å²) in [6, 6.07) is 0. The first-order valence-corrected chi connectivity index (χ1v) is 4.60. The second kappa shape index (κ2) is 5.22. The predicted octanol–water partition coefficient (Wildman–Crippen LogP) is 2.59. The fourth-order valence-electron chi connectivity index (χ4n) is 0.998. The van der Waals surface area contributed by atoms with Crippen LogP contribution in [0.1, 0.15) is 46.5 Å². The van der Waals surface area contributed by atoms with E-state index in [1.165, 1.54) is 0 Å². The lowest BCUT2D eigenvalue weighted by molar-refractivity contribution is 0.0536. The van der Waals surface area contributed by atoms with E-state index in [2.05, 4.69) is 26.7 Å². The van der Waals surface area contributed by atoms with Crippen molar-refractivity contribution in [3.63, 3.8) is 0 Å². The van der Waals surface area contributed by atoms with Gasteiger partial charge < -0.3 is 5.11 Å². The molecule has 0 radical (unpaired) electrons. The average molecular weight is 168 g/mol. The lowest BCUT2D eigenvalue weighted by Gasteiger charge is -2.25. The molecular weight excluding hydrogens is 148 g/mol. The summed E-state index contributed by atoms with van der Waals surface area (Å²) in [7, 11) is 0. The number of aliphatic hydroxyl groups excluding tert-OH is 1. The molecule has 0 aromatic carbocycles. The first kappa shape index (κ1) is 11.5. The van der Waals surface area contributed by atoms with Gasteiger partial charge >= 0.3 is 0 Å². The summed E-state index contributed by atoms with van der Waals surface area (Å²) in [4.78, 5) is 0. The van der Waals surface area contributed by atoms with Crippen LogP contribution < -0.4 is 0 Å². The van der Waals surface area contributed by atoms with Gasteiger partial charge in [0.1, 0.15) is 0 Å². The molecule has 0 heterocycles. The molecule has 0 rings (SSSR count). The third-order valence-electron chi connectivity index (χ3n) is 2.05. The van der Waals surface area contributed by atoms with E-state index in [-0.39, 0.29) is 11.5 Å². The first-order chi connectivity index (χ1) is 5.48. The molecule has 1 heteroatoms. The molecule has 12 heavy (non-hydrogen) atoms. The number of hydrogen-bond acceptors (Lipinski definition) is 1. The summed E-state index contributed by atoms with van der Waals surface area (Å²) in [6.07, 6.45) is 8.68. The molecule has 0 bridgehead atoms. The van der Waals surface area contributed by atoms with E-state index < -0.39 is 0 Å². The van der Waals surface area contributed by atoms with Crippen LogP contribution in [0, 0.1) is 17.8 Å². The predicted molar refractivity (Wildman–Crippen MR) is 52.8 cm³/mol. The molecular formula is C11H20O. The molecule has 70 valence electrons. The zero-order chi connectivity index (χ0) is 9.61. The number of terminal acetylenes is 1. The molecule has 0 saturated carbocycles. The monoisotopic (exact) mass is 168 g/mol. The average Bonchev–Trinajstić information content (AvgIpc) is 1.96. The Kier molecular flexibility index (Phi) is 5.01. The van der Waals surface area contributed by atoms with Crippen LogP contribution in [-0.4, -0.2) is 11.2 Å². The SMILES string of the molecule is C#CCCCCC(O)C(C)(C)C. The van der Waals surface area contributed by atoms with Crippen molar-refractivity contribution in [3.05, 3.63) is 0 Å². The summed E-state index contributed by atoms with van der Waals surface area (Å²) in [6.45, 7) is 6.16. The Hall–Kier alpha value is -0.480. The van der Waals surface area contributed by atoms with Crippen LogP contribution in [-0.2, 0) is 0 Å². The van der Waals surface area contributed by atoms with Crippen molar-refractivity contribution in [1.82, 2.24) is 0 Å². The van der Waals surface area contributed by atoms with Gasteiger partial charge in [0.2, 0.25) is 0 Å². The summed E-state index contributed by atoms with van der Waals surface area (Å²) >= 11 is 0. The first-order valence-electron chi connectivity index (χ1n) is 4.60. The van der Waals surface area contributed by atoms with Gasteiger partial charge in [0.15, 0.2) is 0 Å². The van der Waals surface area contributed by atoms with Gasteiger partial charge in [-0.3, -0.25) is 0 Å². The van der Waals surface area contributed by atoms with Gasteiger partial charge in [-0.2, -0.15) is 0 Å². The van der Waals surface area contributed by atoms with Gasteiger partial charge in [-0.05, 0) is 24.7 Å². The van der Waals surface area contributed by atoms with Crippen molar-refractivity contribution in [2.24, 2.45) is 5.41 Å². The van der Waals surface area contributed by atoms with Crippen LogP contribution in [0.2, 0.25) is 0 Å². The Morgan fingerprint density at radius 1 is 1.33 bits per heavy atom. The van der Waals surface area contributed by atoms with Crippen LogP contribution >= 0.6 is 0 Å². The summed E-state index contributed by atoms with van der Waals surface area (Å²) in [5, 5.41) is 9.63. The number of hydrogen-bond donors (Lipinski definition) is 1. The fourth-order valence-corrected chi connectivity index (χ4v) is 0.998. The summed E-state index contributed by atoms with van der Waals surface area (Å²) < 4.78 is 0. The Balaban J connectivity index is 3.46. The van der Waals surface area contributed by atoms with E-state index in [1.54, 1.807) is 0 Å². The molecule has 0 spiro atoms. The molecule has 1 atom stereocenters. The van der Waals surface area contributed by atoms with Crippen LogP contribution in [0.5, 0.6) is 0 Å². The molecule has 1 nitrogen and oxygen atoms in total. The molecule has 0 aliphatic heterocycles. The minimum atomic E-state index is -0.199. The van der Waals surface area contributed by atoms with E-state index in [1.807, 2.05) is 0 Å². The highest BCUT2D eigenvalue weighted by molar-refractivity contribution is 4.83. The fraction of sp³-hybridized carbons (Fsp3) is 0.818. The second-order valence-electron chi connectivity index (χ2n) is 4.33. The Morgan fingerprint density at radius 2 is 1.92 bits per heavy atom. The Morgan fingerprint density at radius 3 is 2.33 bits per heavy atom. The van der Waals surface area contributed by atoms with Crippen LogP contribution in [0.4, 0.5) is 0 Å². The number of aliphatic hydroxyl groups is 1. The molecule has 0 saturated heterocycles. The van der Waals surface area contributed by atoms with E-state index in [0.29, 0.717) is 0 Å². The molecule has 1 unspecified atom stereocenters. The maximum atomic E-state index is 9.63. The van der Waals surface area contributed by atoms with E-state index in [4.69, 9.17) is 6.42 Å². The lowest BCUT2D eigenvalue weighted by atomic mass is 9.86. The largest absolute Gasteiger partial charge is 0.393 e. The molecule has 0 amide bonds. The van der Waals surface area contributed by atoms with Gasteiger partial charge in [0, 0.05) is 6.42 Å². The topological polar surface area (TPSA) is 20.2 Å². The van der Waals surface area contributed by atoms with Gasteiger partial charge in [-0.15, -0.1) is 12.3 Å². The van der Waals surface area contributed by atoms with Gasteiger partial charge in [-0.25, -0.2) is 0 Å². The summed E-state index contributed by atoms with van der Waals surface area (Å²) in [5.41, 5.74) is 0.0101. The normalized spacial score (nSPS) is 13.9. The summed E-state index contributed by atoms with van der Waals surface area (Å²) in [5.74, 6) is 2.60.